The smallest absolute Gasteiger partial charge is 0.193 e. The Kier molecular flexibility index (Phi) is 4.89. The lowest BCUT2D eigenvalue weighted by molar-refractivity contribution is 0.494. The maximum Gasteiger partial charge on any atom is 0.193 e. The lowest BCUT2D eigenvalue weighted by Gasteiger charge is -2.20. The van der Waals surface area contributed by atoms with Gasteiger partial charge in [-0.15, -0.1) is 0 Å². The Labute approximate surface area is 136 Å². The van der Waals surface area contributed by atoms with Gasteiger partial charge in [-0.05, 0) is 19.8 Å². The van der Waals surface area contributed by atoms with Crippen LogP contribution in [0.4, 0.5) is 5.82 Å². The molecule has 3 rings (SSSR count). The van der Waals surface area contributed by atoms with Crippen molar-refractivity contribution in [2.24, 2.45) is 12.0 Å². The van der Waals surface area contributed by atoms with E-state index in [1.165, 1.54) is 12.8 Å². The third kappa shape index (κ3) is 3.52. The zero-order chi connectivity index (χ0) is 16.1. The number of hydrogen-bond donors (Lipinski definition) is 2. The molecule has 0 saturated carbocycles. The van der Waals surface area contributed by atoms with Gasteiger partial charge in [-0.3, -0.25) is 9.67 Å². The van der Waals surface area contributed by atoms with Crippen molar-refractivity contribution < 1.29 is 0 Å². The Morgan fingerprint density at radius 1 is 1.30 bits per heavy atom. The largest absolute Gasteiger partial charge is 0.367 e. The third-order valence-electron chi connectivity index (χ3n) is 3.94. The second-order valence-electron chi connectivity index (χ2n) is 5.58. The molecule has 0 bridgehead atoms. The Hall–Kier alpha value is -2.38. The molecule has 2 aromatic rings. The van der Waals surface area contributed by atoms with Crippen LogP contribution in [0.25, 0.3) is 11.0 Å². The van der Waals surface area contributed by atoms with Crippen molar-refractivity contribution in [3.63, 3.8) is 0 Å². The van der Waals surface area contributed by atoms with Crippen LogP contribution in [-0.4, -0.2) is 63.3 Å². The van der Waals surface area contributed by atoms with E-state index in [0.29, 0.717) is 6.54 Å². The van der Waals surface area contributed by atoms with Gasteiger partial charge in [0, 0.05) is 33.2 Å². The van der Waals surface area contributed by atoms with Crippen LogP contribution in [0.5, 0.6) is 0 Å². The first-order chi connectivity index (χ1) is 11.3. The van der Waals surface area contributed by atoms with Crippen molar-refractivity contribution in [2.75, 3.05) is 38.0 Å². The first-order valence-corrected chi connectivity index (χ1v) is 8.19. The predicted octanol–water partition coefficient (Wildman–Crippen LogP) is 0.836. The topological polar surface area (TPSA) is 83.3 Å². The van der Waals surface area contributed by atoms with Gasteiger partial charge >= 0.3 is 0 Å². The first kappa shape index (κ1) is 15.5. The summed E-state index contributed by atoms with van der Waals surface area (Å²) in [6.45, 7) is 6.62. The predicted molar refractivity (Wildman–Crippen MR) is 91.6 cm³/mol. The molecule has 8 heteroatoms. The van der Waals surface area contributed by atoms with Crippen molar-refractivity contribution in [3.8, 4) is 0 Å². The molecule has 3 heterocycles. The van der Waals surface area contributed by atoms with Crippen LogP contribution in [-0.2, 0) is 7.05 Å². The summed E-state index contributed by atoms with van der Waals surface area (Å²) < 4.78 is 1.75. The fourth-order valence-corrected chi connectivity index (χ4v) is 2.79. The summed E-state index contributed by atoms with van der Waals surface area (Å²) >= 11 is 0. The molecular formula is C15H24N8. The number of likely N-dealkylation sites (tertiary alicyclic amines) is 1. The Bertz CT molecular complexity index is 671. The highest BCUT2D eigenvalue weighted by atomic mass is 15.3. The minimum atomic E-state index is 0.699. The molecule has 0 aliphatic carbocycles. The summed E-state index contributed by atoms with van der Waals surface area (Å²) in [7, 11) is 1.88. The van der Waals surface area contributed by atoms with Gasteiger partial charge in [-0.2, -0.15) is 5.10 Å². The summed E-state index contributed by atoms with van der Waals surface area (Å²) in [5.41, 5.74) is 0.830. The maximum absolute atomic E-state index is 4.70. The Morgan fingerprint density at radius 2 is 2.13 bits per heavy atom. The van der Waals surface area contributed by atoms with Crippen LogP contribution in [0.3, 0.4) is 0 Å². The average Bonchev–Trinajstić information content (AvgIpc) is 3.21. The van der Waals surface area contributed by atoms with Gasteiger partial charge in [-0.1, -0.05) is 0 Å². The van der Waals surface area contributed by atoms with E-state index in [1.807, 2.05) is 7.05 Å². The van der Waals surface area contributed by atoms with E-state index in [0.717, 1.165) is 49.0 Å². The molecule has 23 heavy (non-hydrogen) atoms. The molecule has 2 aromatic heterocycles. The fraction of sp³-hybridized carbons (Fsp3) is 0.600. The number of aliphatic imine (C=N–C) groups is 1. The molecule has 1 fully saturated rings. The van der Waals surface area contributed by atoms with Gasteiger partial charge in [0.2, 0.25) is 0 Å². The van der Waals surface area contributed by atoms with Crippen molar-refractivity contribution in [3.05, 3.63) is 12.5 Å². The summed E-state index contributed by atoms with van der Waals surface area (Å²) in [6, 6.07) is 0. The summed E-state index contributed by atoms with van der Waals surface area (Å²) in [5, 5.41) is 11.9. The molecule has 124 valence electrons. The molecule has 0 aromatic carbocycles. The third-order valence-corrected chi connectivity index (χ3v) is 3.94. The van der Waals surface area contributed by atoms with Gasteiger partial charge in [0.15, 0.2) is 11.6 Å². The van der Waals surface area contributed by atoms with E-state index in [4.69, 9.17) is 4.99 Å². The number of anilines is 1. The molecule has 0 radical (unpaired) electrons. The molecule has 1 aliphatic heterocycles. The molecular weight excluding hydrogens is 292 g/mol. The van der Waals surface area contributed by atoms with E-state index in [2.05, 4.69) is 37.5 Å². The summed E-state index contributed by atoms with van der Waals surface area (Å²) in [5.74, 6) is 1.82. The van der Waals surface area contributed by atoms with Crippen molar-refractivity contribution in [1.82, 2.24) is 30.0 Å². The number of nitrogens with zero attached hydrogens (tertiary/aromatic N) is 6. The number of aryl methyl sites for hydroxylation is 1. The highest BCUT2D eigenvalue weighted by molar-refractivity contribution is 5.86. The van der Waals surface area contributed by atoms with Gasteiger partial charge in [0.05, 0.1) is 18.1 Å². The van der Waals surface area contributed by atoms with Crippen LogP contribution < -0.4 is 10.6 Å². The molecule has 0 amide bonds. The number of fused-ring (bicyclic) bond motifs is 1. The monoisotopic (exact) mass is 316 g/mol. The van der Waals surface area contributed by atoms with E-state index >= 15 is 0 Å². The van der Waals surface area contributed by atoms with Gasteiger partial charge in [0.25, 0.3) is 0 Å². The van der Waals surface area contributed by atoms with Crippen LogP contribution in [0, 0.1) is 0 Å². The van der Waals surface area contributed by atoms with Gasteiger partial charge < -0.3 is 15.5 Å². The molecule has 1 saturated heterocycles. The lowest BCUT2D eigenvalue weighted by Crippen LogP contribution is -2.39. The molecule has 0 unspecified atom stereocenters. The minimum absolute atomic E-state index is 0.699. The number of rotatable bonds is 5. The van der Waals surface area contributed by atoms with E-state index in [1.54, 1.807) is 17.2 Å². The van der Waals surface area contributed by atoms with Crippen LogP contribution in [0.1, 0.15) is 19.8 Å². The van der Waals surface area contributed by atoms with Crippen LogP contribution in [0.2, 0.25) is 0 Å². The Morgan fingerprint density at radius 3 is 2.91 bits per heavy atom. The van der Waals surface area contributed by atoms with Crippen molar-refractivity contribution in [2.45, 2.75) is 19.8 Å². The SMILES string of the molecule is CCNC(=NCCNc1ncnc2c1cnn2C)N1CCCC1. The number of hydrogen-bond acceptors (Lipinski definition) is 5. The van der Waals surface area contributed by atoms with E-state index < -0.39 is 0 Å². The normalized spacial score (nSPS) is 15.4. The van der Waals surface area contributed by atoms with Crippen LogP contribution in [0.15, 0.2) is 17.5 Å². The quantitative estimate of drug-likeness (QED) is 0.483. The highest BCUT2D eigenvalue weighted by Crippen LogP contribution is 2.17. The first-order valence-electron chi connectivity index (χ1n) is 8.19. The van der Waals surface area contributed by atoms with Crippen molar-refractivity contribution in [1.29, 1.82) is 0 Å². The fourth-order valence-electron chi connectivity index (χ4n) is 2.79. The molecule has 1 aliphatic rings. The molecule has 8 nitrogen and oxygen atoms in total. The second kappa shape index (κ2) is 7.26. The van der Waals surface area contributed by atoms with E-state index in [9.17, 15) is 0 Å². The standard InChI is InChI=1S/C15H24N8/c1-3-16-15(23-8-4-5-9-23)18-7-6-17-13-12-10-21-22(2)14(12)20-11-19-13/h10-11H,3-9H2,1-2H3,(H,16,18)(H,17,19,20). The molecule has 0 spiro atoms. The zero-order valence-corrected chi connectivity index (χ0v) is 13.8. The van der Waals surface area contributed by atoms with Gasteiger partial charge in [0.1, 0.15) is 12.1 Å². The second-order valence-corrected chi connectivity index (χ2v) is 5.58. The Balaban J connectivity index is 1.60. The summed E-state index contributed by atoms with van der Waals surface area (Å²) in [6.07, 6.45) is 5.85. The number of nitrogens with one attached hydrogen (secondary N) is 2. The highest BCUT2D eigenvalue weighted by Gasteiger charge is 2.15. The average molecular weight is 316 g/mol. The van der Waals surface area contributed by atoms with Crippen molar-refractivity contribution >= 4 is 22.8 Å². The van der Waals surface area contributed by atoms with E-state index in [-0.39, 0.29) is 0 Å². The molecule has 2 N–H and O–H groups in total. The maximum atomic E-state index is 4.70. The van der Waals surface area contributed by atoms with Gasteiger partial charge in [-0.25, -0.2) is 9.97 Å². The van der Waals surface area contributed by atoms with Crippen LogP contribution >= 0.6 is 0 Å². The zero-order valence-electron chi connectivity index (χ0n) is 13.8. The minimum Gasteiger partial charge on any atom is -0.367 e. The number of guanidine groups is 1. The molecule has 0 atom stereocenters. The number of aromatic nitrogens is 4. The lowest BCUT2D eigenvalue weighted by atomic mass is 10.4. The summed E-state index contributed by atoms with van der Waals surface area (Å²) in [4.78, 5) is 15.6.